The molecule has 38 heavy (non-hydrogen) atoms. The summed E-state index contributed by atoms with van der Waals surface area (Å²) in [4.78, 5) is 8.56. The van der Waals surface area contributed by atoms with Crippen molar-refractivity contribution in [2.45, 2.75) is 12.2 Å². The van der Waals surface area contributed by atoms with E-state index in [1.54, 1.807) is 12.1 Å². The standard InChI is InChI=1S/C28H34N4O6/c29-27-7-5-19-1-3-21(15-23(19)31-27)25(33)17-37-13-11-35-9-10-36-12-14-38-18-26(34)22-4-2-20-6-8-28(30)32-24(20)16-22/h1-8,15-16,25-26,33-34H,9-14,17-18H2,(H2,29,31)(H2,30,32). The number of nitrogens with two attached hydrogens (primary N) is 2. The number of fused-ring (bicyclic) bond motifs is 2. The number of nitrogen functional groups attached to an aromatic ring is 2. The maximum absolute atomic E-state index is 10.4. The van der Waals surface area contributed by atoms with E-state index in [1.165, 1.54) is 0 Å². The van der Waals surface area contributed by atoms with Crippen LogP contribution in [-0.4, -0.2) is 73.0 Å². The molecule has 0 aliphatic rings. The number of benzene rings is 2. The van der Waals surface area contributed by atoms with Gasteiger partial charge in [-0.3, -0.25) is 0 Å². The Kier molecular flexibility index (Phi) is 10.2. The number of anilines is 2. The molecule has 10 nitrogen and oxygen atoms in total. The molecule has 0 saturated heterocycles. The summed E-state index contributed by atoms with van der Waals surface area (Å²) < 4.78 is 22.0. The second-order valence-electron chi connectivity index (χ2n) is 8.78. The van der Waals surface area contributed by atoms with Crippen molar-refractivity contribution in [1.29, 1.82) is 0 Å². The Morgan fingerprint density at radius 2 is 0.921 bits per heavy atom. The topological polar surface area (TPSA) is 155 Å². The Hall–Kier alpha value is -3.38. The van der Waals surface area contributed by atoms with Crippen molar-refractivity contribution in [1.82, 2.24) is 9.97 Å². The molecule has 0 amide bonds. The van der Waals surface area contributed by atoms with Gasteiger partial charge in [0.05, 0.1) is 63.9 Å². The molecule has 202 valence electrons. The summed E-state index contributed by atoms with van der Waals surface area (Å²) in [5.41, 5.74) is 14.4. The largest absolute Gasteiger partial charge is 0.386 e. The number of aromatic nitrogens is 2. The Morgan fingerprint density at radius 1 is 0.553 bits per heavy atom. The van der Waals surface area contributed by atoms with Crippen LogP contribution in [0.1, 0.15) is 23.3 Å². The van der Waals surface area contributed by atoms with Gasteiger partial charge in [-0.1, -0.05) is 24.3 Å². The maximum Gasteiger partial charge on any atom is 0.124 e. The van der Waals surface area contributed by atoms with Gasteiger partial charge < -0.3 is 40.6 Å². The molecular weight excluding hydrogens is 488 g/mol. The normalized spacial score (nSPS) is 13.2. The van der Waals surface area contributed by atoms with Crippen molar-refractivity contribution in [3.05, 3.63) is 71.8 Å². The van der Waals surface area contributed by atoms with Crippen LogP contribution in [-0.2, 0) is 18.9 Å². The predicted octanol–water partition coefficient (Wildman–Crippen LogP) is 2.78. The van der Waals surface area contributed by atoms with Gasteiger partial charge in [-0.25, -0.2) is 9.97 Å². The monoisotopic (exact) mass is 522 g/mol. The second kappa shape index (κ2) is 14.0. The van der Waals surface area contributed by atoms with Gasteiger partial charge in [0.15, 0.2) is 0 Å². The van der Waals surface area contributed by atoms with Crippen LogP contribution in [0.25, 0.3) is 21.8 Å². The first-order chi connectivity index (χ1) is 18.5. The first-order valence-electron chi connectivity index (χ1n) is 12.5. The quantitative estimate of drug-likeness (QED) is 0.171. The van der Waals surface area contributed by atoms with Gasteiger partial charge in [-0.15, -0.1) is 0 Å². The molecule has 0 saturated carbocycles. The molecule has 0 spiro atoms. The Balaban J connectivity index is 1.01. The zero-order valence-corrected chi connectivity index (χ0v) is 21.2. The summed E-state index contributed by atoms with van der Waals surface area (Å²) in [6.45, 7) is 2.63. The van der Waals surface area contributed by atoms with E-state index in [-0.39, 0.29) is 13.2 Å². The average molecular weight is 523 g/mol. The molecular formula is C28H34N4O6. The van der Waals surface area contributed by atoms with E-state index < -0.39 is 12.2 Å². The first-order valence-corrected chi connectivity index (χ1v) is 12.5. The van der Waals surface area contributed by atoms with Crippen LogP contribution >= 0.6 is 0 Å². The predicted molar refractivity (Wildman–Crippen MR) is 146 cm³/mol. The fourth-order valence-corrected chi connectivity index (χ4v) is 3.85. The highest BCUT2D eigenvalue weighted by atomic mass is 16.6. The van der Waals surface area contributed by atoms with Crippen molar-refractivity contribution >= 4 is 33.4 Å². The lowest BCUT2D eigenvalue weighted by molar-refractivity contribution is -0.0248. The highest BCUT2D eigenvalue weighted by Crippen LogP contribution is 2.21. The van der Waals surface area contributed by atoms with Gasteiger partial charge in [0.1, 0.15) is 23.8 Å². The van der Waals surface area contributed by atoms with E-state index in [0.717, 1.165) is 32.9 Å². The van der Waals surface area contributed by atoms with E-state index in [9.17, 15) is 10.2 Å². The number of aliphatic hydroxyl groups is 2. The summed E-state index contributed by atoms with van der Waals surface area (Å²) in [5.74, 6) is 0.878. The van der Waals surface area contributed by atoms with Crippen LogP contribution in [0.4, 0.5) is 11.6 Å². The minimum absolute atomic E-state index is 0.153. The SMILES string of the molecule is Nc1ccc2ccc(C(O)COCCOCCOCCOCC(O)c3ccc4ccc(N)nc4c3)cc2n1. The third kappa shape index (κ3) is 8.06. The Labute approximate surface area is 221 Å². The number of pyridine rings is 2. The van der Waals surface area contributed by atoms with Crippen LogP contribution < -0.4 is 11.5 Å². The molecule has 2 heterocycles. The van der Waals surface area contributed by atoms with Crippen LogP contribution in [0.5, 0.6) is 0 Å². The molecule has 4 aromatic rings. The molecule has 0 fully saturated rings. The first kappa shape index (κ1) is 27.6. The second-order valence-corrected chi connectivity index (χ2v) is 8.78. The fraction of sp³-hybridized carbons (Fsp3) is 0.357. The number of rotatable bonds is 15. The highest BCUT2D eigenvalue weighted by Gasteiger charge is 2.10. The summed E-state index contributed by atoms with van der Waals surface area (Å²) in [6.07, 6.45) is -1.53. The van der Waals surface area contributed by atoms with Gasteiger partial charge in [-0.05, 0) is 47.5 Å². The summed E-state index contributed by atoms with van der Waals surface area (Å²) in [7, 11) is 0. The zero-order chi connectivity index (χ0) is 26.7. The van der Waals surface area contributed by atoms with E-state index in [0.29, 0.717) is 51.3 Å². The van der Waals surface area contributed by atoms with Crippen LogP contribution in [0.15, 0.2) is 60.7 Å². The molecule has 0 aliphatic carbocycles. The summed E-state index contributed by atoms with van der Waals surface area (Å²) >= 11 is 0. The van der Waals surface area contributed by atoms with Gasteiger partial charge in [-0.2, -0.15) is 0 Å². The molecule has 10 heteroatoms. The third-order valence-corrected chi connectivity index (χ3v) is 5.91. The Bertz CT molecular complexity index is 1220. The Morgan fingerprint density at radius 3 is 1.34 bits per heavy atom. The van der Waals surface area contributed by atoms with Crippen LogP contribution in [0, 0.1) is 0 Å². The van der Waals surface area contributed by atoms with E-state index in [1.807, 2.05) is 48.5 Å². The smallest absolute Gasteiger partial charge is 0.124 e. The van der Waals surface area contributed by atoms with Gasteiger partial charge in [0.25, 0.3) is 0 Å². The lowest BCUT2D eigenvalue weighted by Crippen LogP contribution is -2.15. The minimum Gasteiger partial charge on any atom is -0.386 e. The molecule has 6 N–H and O–H groups in total. The van der Waals surface area contributed by atoms with Crippen molar-refractivity contribution in [3.63, 3.8) is 0 Å². The molecule has 0 bridgehead atoms. The minimum atomic E-state index is -0.763. The molecule has 2 unspecified atom stereocenters. The molecule has 4 rings (SSSR count). The van der Waals surface area contributed by atoms with Crippen molar-refractivity contribution in [3.8, 4) is 0 Å². The van der Waals surface area contributed by atoms with Crippen LogP contribution in [0.2, 0.25) is 0 Å². The molecule has 2 aromatic heterocycles. The van der Waals surface area contributed by atoms with Gasteiger partial charge >= 0.3 is 0 Å². The van der Waals surface area contributed by atoms with Crippen LogP contribution in [0.3, 0.4) is 0 Å². The average Bonchev–Trinajstić information content (AvgIpc) is 2.92. The lowest BCUT2D eigenvalue weighted by Gasteiger charge is -2.13. The molecule has 0 aliphatic heterocycles. The summed E-state index contributed by atoms with van der Waals surface area (Å²) in [6, 6.07) is 18.4. The highest BCUT2D eigenvalue weighted by molar-refractivity contribution is 5.81. The van der Waals surface area contributed by atoms with E-state index >= 15 is 0 Å². The zero-order valence-electron chi connectivity index (χ0n) is 21.2. The molecule has 2 atom stereocenters. The van der Waals surface area contributed by atoms with Crippen molar-refractivity contribution < 1.29 is 29.2 Å². The molecule has 0 radical (unpaired) electrons. The third-order valence-electron chi connectivity index (χ3n) is 5.91. The van der Waals surface area contributed by atoms with Gasteiger partial charge in [0, 0.05) is 10.8 Å². The molecule has 2 aromatic carbocycles. The fourth-order valence-electron chi connectivity index (χ4n) is 3.85. The maximum atomic E-state index is 10.4. The lowest BCUT2D eigenvalue weighted by atomic mass is 10.1. The summed E-state index contributed by atoms with van der Waals surface area (Å²) in [5, 5.41) is 22.6. The van der Waals surface area contributed by atoms with Crippen molar-refractivity contribution in [2.24, 2.45) is 0 Å². The van der Waals surface area contributed by atoms with E-state index in [2.05, 4.69) is 9.97 Å². The number of aliphatic hydroxyl groups excluding tert-OH is 2. The number of hydrogen-bond donors (Lipinski definition) is 4. The number of ether oxygens (including phenoxy) is 4. The van der Waals surface area contributed by atoms with E-state index in [4.69, 9.17) is 30.4 Å². The number of hydrogen-bond acceptors (Lipinski definition) is 10. The van der Waals surface area contributed by atoms with Crippen molar-refractivity contribution in [2.75, 3.05) is 64.3 Å². The number of nitrogens with zero attached hydrogens (tertiary/aromatic N) is 2. The van der Waals surface area contributed by atoms with Gasteiger partial charge in [0.2, 0.25) is 0 Å².